The Bertz CT molecular complexity index is 2570. The predicted molar refractivity (Wildman–Crippen MR) is 195 cm³/mol. The second kappa shape index (κ2) is 11.7. The van der Waals surface area contributed by atoms with Crippen LogP contribution in [0.25, 0.3) is 78.3 Å². The lowest BCUT2D eigenvalue weighted by Crippen LogP contribution is -2.00. The maximum atomic E-state index is 9.23. The number of nitrogens with zero attached hydrogens (tertiary/aromatic N) is 4. The molecule has 0 saturated carbocycles. The maximum absolute atomic E-state index is 9.23. The van der Waals surface area contributed by atoms with Crippen molar-refractivity contribution in [1.29, 1.82) is 5.26 Å². The lowest BCUT2D eigenvalue weighted by Gasteiger charge is -2.22. The van der Waals surface area contributed by atoms with Crippen molar-refractivity contribution >= 4 is 10.8 Å². The molecule has 5 heteroatoms. The van der Waals surface area contributed by atoms with Gasteiger partial charge in [0.25, 0.3) is 0 Å². The van der Waals surface area contributed by atoms with Crippen LogP contribution in [0.5, 0.6) is 11.5 Å². The highest BCUT2D eigenvalue weighted by molar-refractivity contribution is 6.04. The van der Waals surface area contributed by atoms with E-state index < -0.39 is 0 Å². The maximum Gasteiger partial charge on any atom is 0.164 e. The first kappa shape index (κ1) is 28.3. The van der Waals surface area contributed by atoms with Gasteiger partial charge in [0.15, 0.2) is 17.5 Å². The SMILES string of the molecule is N#Cc1ccc(-c2cccc(-c3nc(-c4ccccc4)nc(-c4ccc(-c5ccc6c(c5)-c5cccc7cccc(c57)O6)cc4)n3)c2)cc1. The van der Waals surface area contributed by atoms with E-state index in [1.54, 1.807) is 0 Å². The summed E-state index contributed by atoms with van der Waals surface area (Å²) < 4.78 is 6.32. The molecule has 1 aliphatic heterocycles. The van der Waals surface area contributed by atoms with Crippen molar-refractivity contribution in [2.24, 2.45) is 0 Å². The number of hydrogen-bond donors (Lipinski definition) is 0. The zero-order valence-electron chi connectivity index (χ0n) is 26.2. The van der Waals surface area contributed by atoms with Gasteiger partial charge in [0, 0.05) is 27.6 Å². The van der Waals surface area contributed by atoms with E-state index in [1.807, 2.05) is 78.9 Å². The zero-order chi connectivity index (χ0) is 32.7. The van der Waals surface area contributed by atoms with Crippen molar-refractivity contribution in [3.05, 3.63) is 163 Å². The fourth-order valence-corrected chi connectivity index (χ4v) is 6.48. The smallest absolute Gasteiger partial charge is 0.164 e. The van der Waals surface area contributed by atoms with E-state index in [0.29, 0.717) is 23.0 Å². The summed E-state index contributed by atoms with van der Waals surface area (Å²) in [6, 6.07) is 55.3. The third-order valence-electron chi connectivity index (χ3n) is 8.97. The Hall–Kier alpha value is -6.90. The predicted octanol–water partition coefficient (Wildman–Crippen LogP) is 11.0. The Labute approximate surface area is 283 Å². The van der Waals surface area contributed by atoms with Crippen molar-refractivity contribution in [2.45, 2.75) is 0 Å². The summed E-state index contributed by atoms with van der Waals surface area (Å²) in [7, 11) is 0. The van der Waals surface area contributed by atoms with Gasteiger partial charge in [-0.3, -0.25) is 0 Å². The van der Waals surface area contributed by atoms with Crippen molar-refractivity contribution in [1.82, 2.24) is 15.0 Å². The van der Waals surface area contributed by atoms with Crippen LogP contribution in [0.4, 0.5) is 0 Å². The summed E-state index contributed by atoms with van der Waals surface area (Å²) in [5.74, 6) is 3.55. The summed E-state index contributed by atoms with van der Waals surface area (Å²) in [6.07, 6.45) is 0. The second-order valence-electron chi connectivity index (χ2n) is 12.0. The molecule has 0 atom stereocenters. The molecule has 0 amide bonds. The molecule has 0 N–H and O–H groups in total. The number of ether oxygens (including phenoxy) is 1. The first-order chi connectivity index (χ1) is 24.2. The van der Waals surface area contributed by atoms with Crippen molar-refractivity contribution in [3.8, 4) is 85.1 Å². The molecular formula is C44H26N4O. The molecule has 0 fully saturated rings. The van der Waals surface area contributed by atoms with Crippen molar-refractivity contribution < 1.29 is 4.74 Å². The lowest BCUT2D eigenvalue weighted by atomic mass is 9.92. The summed E-state index contributed by atoms with van der Waals surface area (Å²) in [5, 5.41) is 11.5. The largest absolute Gasteiger partial charge is 0.456 e. The molecule has 0 aliphatic carbocycles. The molecule has 49 heavy (non-hydrogen) atoms. The average Bonchev–Trinajstić information content (AvgIpc) is 3.18. The normalized spacial score (nSPS) is 11.4. The Morgan fingerprint density at radius 1 is 0.408 bits per heavy atom. The van der Waals surface area contributed by atoms with Crippen LogP contribution in [-0.4, -0.2) is 15.0 Å². The molecule has 1 aliphatic rings. The van der Waals surface area contributed by atoms with Crippen LogP contribution in [0.15, 0.2) is 158 Å². The quantitative estimate of drug-likeness (QED) is 0.190. The van der Waals surface area contributed by atoms with Gasteiger partial charge in [0.2, 0.25) is 0 Å². The van der Waals surface area contributed by atoms with Crippen molar-refractivity contribution in [3.63, 3.8) is 0 Å². The van der Waals surface area contributed by atoms with Crippen LogP contribution in [0, 0.1) is 11.3 Å². The highest BCUT2D eigenvalue weighted by Gasteiger charge is 2.20. The van der Waals surface area contributed by atoms with Gasteiger partial charge in [-0.2, -0.15) is 5.26 Å². The number of fused-ring (bicyclic) bond motifs is 2. The van der Waals surface area contributed by atoms with Gasteiger partial charge in [0.05, 0.1) is 11.6 Å². The molecule has 5 nitrogen and oxygen atoms in total. The Morgan fingerprint density at radius 2 is 0.959 bits per heavy atom. The summed E-state index contributed by atoms with van der Waals surface area (Å²) in [5.41, 5.74) is 9.82. The number of aromatic nitrogens is 3. The van der Waals surface area contributed by atoms with Gasteiger partial charge in [0.1, 0.15) is 11.5 Å². The van der Waals surface area contributed by atoms with Gasteiger partial charge >= 0.3 is 0 Å². The molecule has 9 rings (SSSR count). The van der Waals surface area contributed by atoms with Crippen LogP contribution < -0.4 is 4.74 Å². The Balaban J connectivity index is 1.09. The first-order valence-electron chi connectivity index (χ1n) is 16.1. The van der Waals surface area contributed by atoms with Gasteiger partial charge in [-0.25, -0.2) is 15.0 Å². The Kier molecular flexibility index (Phi) is 6.78. The van der Waals surface area contributed by atoms with Gasteiger partial charge in [-0.05, 0) is 69.6 Å². The van der Waals surface area contributed by atoms with Crippen LogP contribution in [0.3, 0.4) is 0 Å². The van der Waals surface area contributed by atoms with Gasteiger partial charge in [-0.1, -0.05) is 121 Å². The summed E-state index contributed by atoms with van der Waals surface area (Å²) >= 11 is 0. The van der Waals surface area contributed by atoms with E-state index in [0.717, 1.165) is 61.4 Å². The van der Waals surface area contributed by atoms with Crippen LogP contribution in [0.1, 0.15) is 5.56 Å². The molecule has 1 aromatic heterocycles. The van der Waals surface area contributed by atoms with E-state index in [4.69, 9.17) is 19.7 Å². The molecule has 228 valence electrons. The standard InChI is InChI=1S/C44H26N4O/c45-27-28-15-17-29(18-16-28)34-11-4-12-36(25-34)44-47-42(32-7-2-1-3-8-32)46-43(48-44)33-21-19-30(20-22-33)35-23-24-39-38(26-35)37-13-5-9-31-10-6-14-40(49-39)41(31)37/h1-26H. The minimum Gasteiger partial charge on any atom is -0.456 e. The van der Waals surface area contributed by atoms with Gasteiger partial charge < -0.3 is 4.74 Å². The fraction of sp³-hybridized carbons (Fsp3) is 0. The minimum absolute atomic E-state index is 0.590. The first-order valence-corrected chi connectivity index (χ1v) is 16.1. The highest BCUT2D eigenvalue weighted by Crippen LogP contribution is 2.47. The van der Waals surface area contributed by atoms with E-state index in [-0.39, 0.29) is 0 Å². The molecule has 0 spiro atoms. The number of nitriles is 1. The Morgan fingerprint density at radius 3 is 1.69 bits per heavy atom. The molecule has 7 aromatic carbocycles. The zero-order valence-corrected chi connectivity index (χ0v) is 26.2. The van der Waals surface area contributed by atoms with Crippen molar-refractivity contribution in [2.75, 3.05) is 0 Å². The number of benzene rings is 7. The second-order valence-corrected chi connectivity index (χ2v) is 12.0. The number of rotatable bonds is 5. The molecule has 8 aromatic rings. The highest BCUT2D eigenvalue weighted by atomic mass is 16.5. The van der Waals surface area contributed by atoms with E-state index in [1.165, 1.54) is 10.9 Å². The molecular weight excluding hydrogens is 601 g/mol. The van der Waals surface area contributed by atoms with Crippen LogP contribution in [-0.2, 0) is 0 Å². The third-order valence-corrected chi connectivity index (χ3v) is 8.97. The topological polar surface area (TPSA) is 71.7 Å². The van der Waals surface area contributed by atoms with Gasteiger partial charge in [-0.15, -0.1) is 0 Å². The molecule has 0 unspecified atom stereocenters. The fourth-order valence-electron chi connectivity index (χ4n) is 6.48. The summed E-state index contributed by atoms with van der Waals surface area (Å²) in [4.78, 5) is 14.8. The molecule has 0 saturated heterocycles. The minimum atomic E-state index is 0.590. The van der Waals surface area contributed by atoms with E-state index in [2.05, 4.69) is 84.9 Å². The van der Waals surface area contributed by atoms with E-state index in [9.17, 15) is 5.26 Å². The molecule has 0 radical (unpaired) electrons. The monoisotopic (exact) mass is 626 g/mol. The average molecular weight is 627 g/mol. The van der Waals surface area contributed by atoms with E-state index >= 15 is 0 Å². The lowest BCUT2D eigenvalue weighted by molar-refractivity contribution is 0.487. The number of hydrogen-bond acceptors (Lipinski definition) is 5. The van der Waals surface area contributed by atoms with Crippen LogP contribution in [0.2, 0.25) is 0 Å². The summed E-state index contributed by atoms with van der Waals surface area (Å²) in [6.45, 7) is 0. The molecule has 2 heterocycles. The molecule has 0 bridgehead atoms. The third kappa shape index (κ3) is 5.18. The van der Waals surface area contributed by atoms with Crippen LogP contribution >= 0.6 is 0 Å².